The molecule has 4 amide bonds. The summed E-state index contributed by atoms with van der Waals surface area (Å²) in [4.78, 5) is 65.9. The molecule has 2 aromatic carbocycles. The summed E-state index contributed by atoms with van der Waals surface area (Å²) in [6.45, 7) is 1.55. The molecule has 1 unspecified atom stereocenters. The zero-order valence-electron chi connectivity index (χ0n) is 29.0. The standard InChI is InChI=1S/C37H40F2N6O7S/c1-21-34(42-30-17-25(39)13-16-28(30)40-21)52-26-18-31-33(47)43-37(36(49)44-53(50,51)27-14-15-27)19-23(37)7-5-3-2-4-6-8-29(35(48)45(31)20-26)41-32(46)22-9-11-24(38)12-10-22/h5,7,9-13,16-17,23,26-27,29,31H,2-4,6,8,14-15,18-20H2,1H3,(H,41,46)(H,43,47)(H,44,49)/b7-5-/t23?,26-,29+,31+,37-/m1/s1. The molecule has 3 N–H and O–H groups in total. The maximum absolute atomic E-state index is 14.5. The van der Waals surface area contributed by atoms with Crippen molar-refractivity contribution in [2.45, 2.75) is 93.7 Å². The molecule has 7 rings (SSSR count). The Hall–Kier alpha value is -4.99. The summed E-state index contributed by atoms with van der Waals surface area (Å²) in [5.74, 6) is -4.12. The molecule has 2 aliphatic heterocycles. The first-order chi connectivity index (χ1) is 25.3. The molecule has 16 heteroatoms. The Morgan fingerprint density at radius 3 is 2.49 bits per heavy atom. The van der Waals surface area contributed by atoms with Crippen LogP contribution < -0.4 is 20.1 Å². The highest BCUT2D eigenvalue weighted by atomic mass is 32.2. The van der Waals surface area contributed by atoms with Crippen LogP contribution in [0.3, 0.4) is 0 Å². The summed E-state index contributed by atoms with van der Waals surface area (Å²) in [6.07, 6.45) is 6.86. The van der Waals surface area contributed by atoms with Crippen LogP contribution in [-0.2, 0) is 24.4 Å². The lowest BCUT2D eigenvalue weighted by Gasteiger charge is -2.30. The van der Waals surface area contributed by atoms with Gasteiger partial charge >= 0.3 is 0 Å². The van der Waals surface area contributed by atoms with E-state index in [-0.39, 0.29) is 42.8 Å². The lowest BCUT2D eigenvalue weighted by Crippen LogP contribution is -2.58. The maximum atomic E-state index is 14.5. The van der Waals surface area contributed by atoms with Crippen molar-refractivity contribution in [1.82, 2.24) is 30.2 Å². The average molecular weight is 751 g/mol. The van der Waals surface area contributed by atoms with E-state index < -0.39 is 80.2 Å². The molecular weight excluding hydrogens is 711 g/mol. The lowest BCUT2D eigenvalue weighted by atomic mass is 10.0. The van der Waals surface area contributed by atoms with Gasteiger partial charge < -0.3 is 20.3 Å². The van der Waals surface area contributed by atoms with Crippen molar-refractivity contribution in [2.24, 2.45) is 5.92 Å². The number of benzene rings is 2. The summed E-state index contributed by atoms with van der Waals surface area (Å²) in [7, 11) is -3.92. The molecule has 3 heterocycles. The minimum Gasteiger partial charge on any atom is -0.471 e. The molecule has 3 fully saturated rings. The predicted octanol–water partition coefficient (Wildman–Crippen LogP) is 3.37. The molecule has 53 heavy (non-hydrogen) atoms. The summed E-state index contributed by atoms with van der Waals surface area (Å²) in [5.41, 5.74) is -0.311. The fourth-order valence-corrected chi connectivity index (χ4v) is 8.42. The Morgan fingerprint density at radius 1 is 0.981 bits per heavy atom. The fourth-order valence-electron chi connectivity index (χ4n) is 7.06. The van der Waals surface area contributed by atoms with Crippen molar-refractivity contribution in [1.29, 1.82) is 0 Å². The molecule has 13 nitrogen and oxygen atoms in total. The molecular formula is C37H40F2N6O7S. The predicted molar refractivity (Wildman–Crippen MR) is 188 cm³/mol. The first-order valence-corrected chi connectivity index (χ1v) is 19.4. The number of rotatable bonds is 7. The molecule has 3 aromatic rings. The number of fused-ring (bicyclic) bond motifs is 3. The van der Waals surface area contributed by atoms with E-state index in [1.807, 2.05) is 12.2 Å². The maximum Gasteiger partial charge on any atom is 0.259 e. The van der Waals surface area contributed by atoms with E-state index in [1.54, 1.807) is 6.92 Å². The number of nitrogens with one attached hydrogen (secondary N) is 3. The largest absolute Gasteiger partial charge is 0.471 e. The van der Waals surface area contributed by atoms with Crippen molar-refractivity contribution >= 4 is 44.7 Å². The molecule has 1 saturated heterocycles. The van der Waals surface area contributed by atoms with Crippen LogP contribution in [0.25, 0.3) is 11.0 Å². The van der Waals surface area contributed by atoms with Gasteiger partial charge in [-0.3, -0.25) is 23.9 Å². The summed E-state index contributed by atoms with van der Waals surface area (Å²) in [6, 6.07) is 6.62. The van der Waals surface area contributed by atoms with E-state index in [4.69, 9.17) is 4.74 Å². The van der Waals surface area contributed by atoms with E-state index in [1.165, 1.54) is 35.2 Å². The number of carbonyl (C=O) groups excluding carboxylic acids is 4. The number of aryl methyl sites for hydroxylation is 1. The van der Waals surface area contributed by atoms with Crippen LogP contribution in [0.15, 0.2) is 54.6 Å². The van der Waals surface area contributed by atoms with Crippen LogP contribution in [0.5, 0.6) is 5.88 Å². The van der Waals surface area contributed by atoms with Crippen LogP contribution in [0.2, 0.25) is 0 Å². The molecule has 0 spiro atoms. The Bertz CT molecular complexity index is 2090. The third-order valence-corrected chi connectivity index (χ3v) is 12.1. The van der Waals surface area contributed by atoms with Gasteiger partial charge in [-0.15, -0.1) is 0 Å². The number of carbonyl (C=O) groups is 4. The molecule has 2 saturated carbocycles. The van der Waals surface area contributed by atoms with Crippen LogP contribution in [-0.4, -0.2) is 82.4 Å². The first kappa shape index (κ1) is 36.4. The molecule has 0 bridgehead atoms. The average Bonchev–Trinajstić information content (AvgIpc) is 4.04. The van der Waals surface area contributed by atoms with Gasteiger partial charge in [-0.1, -0.05) is 25.0 Å². The molecule has 4 aliphatic rings. The molecule has 1 aromatic heterocycles. The minimum absolute atomic E-state index is 0.0446. The fraction of sp³-hybridized carbons (Fsp3) is 0.459. The SMILES string of the molecule is Cc1nc2ccc(F)cc2nc1O[C@@H]1C[C@H]2C(=O)N[C@]3(C(=O)NS(=O)(=O)C4CC4)CC3/C=C\CCCCC[C@H](NC(=O)c3ccc(F)cc3)C(=O)N2C1. The van der Waals surface area contributed by atoms with Gasteiger partial charge in [0.15, 0.2) is 0 Å². The Kier molecular flexibility index (Phi) is 9.91. The zero-order valence-corrected chi connectivity index (χ0v) is 29.8. The van der Waals surface area contributed by atoms with Gasteiger partial charge in [0, 0.05) is 24.0 Å². The Labute approximate surface area is 305 Å². The van der Waals surface area contributed by atoms with Gasteiger partial charge in [0.05, 0.1) is 22.8 Å². The normalized spacial score (nSPS) is 27.0. The third kappa shape index (κ3) is 7.87. The molecule has 0 radical (unpaired) electrons. The Balaban J connectivity index is 1.19. The van der Waals surface area contributed by atoms with Gasteiger partial charge in [0.2, 0.25) is 27.7 Å². The van der Waals surface area contributed by atoms with Gasteiger partial charge in [-0.2, -0.15) is 0 Å². The highest BCUT2D eigenvalue weighted by Gasteiger charge is 2.62. The van der Waals surface area contributed by atoms with Crippen molar-refractivity contribution < 1.29 is 41.1 Å². The van der Waals surface area contributed by atoms with Gasteiger partial charge in [-0.25, -0.2) is 27.2 Å². The van der Waals surface area contributed by atoms with E-state index in [0.29, 0.717) is 43.3 Å². The number of nitrogens with zero attached hydrogens (tertiary/aromatic N) is 3. The van der Waals surface area contributed by atoms with E-state index >= 15 is 0 Å². The lowest BCUT2D eigenvalue weighted by molar-refractivity contribution is -0.141. The van der Waals surface area contributed by atoms with Crippen molar-refractivity contribution in [2.75, 3.05) is 6.54 Å². The number of hydrogen-bond donors (Lipinski definition) is 3. The van der Waals surface area contributed by atoms with Crippen molar-refractivity contribution in [3.63, 3.8) is 0 Å². The number of aromatic nitrogens is 2. The second-order valence-electron chi connectivity index (χ2n) is 14.3. The monoisotopic (exact) mass is 750 g/mol. The third-order valence-electron chi connectivity index (χ3n) is 10.3. The van der Waals surface area contributed by atoms with Crippen molar-refractivity contribution in [3.8, 4) is 5.88 Å². The van der Waals surface area contributed by atoms with E-state index in [2.05, 4.69) is 25.3 Å². The number of sulfonamides is 1. The van der Waals surface area contributed by atoms with Gasteiger partial charge in [-0.05, 0) is 81.8 Å². The van der Waals surface area contributed by atoms with Gasteiger partial charge in [0.1, 0.15) is 41.1 Å². The topological polar surface area (TPSA) is 177 Å². The second kappa shape index (κ2) is 14.4. The second-order valence-corrected chi connectivity index (χ2v) is 16.2. The van der Waals surface area contributed by atoms with Crippen LogP contribution in [0, 0.1) is 24.5 Å². The summed E-state index contributed by atoms with van der Waals surface area (Å²) >= 11 is 0. The summed E-state index contributed by atoms with van der Waals surface area (Å²) < 4.78 is 61.6. The van der Waals surface area contributed by atoms with Crippen LogP contribution >= 0.6 is 0 Å². The van der Waals surface area contributed by atoms with Crippen LogP contribution in [0.4, 0.5) is 8.78 Å². The Morgan fingerprint density at radius 2 is 1.74 bits per heavy atom. The zero-order chi connectivity index (χ0) is 37.5. The highest BCUT2D eigenvalue weighted by Crippen LogP contribution is 2.46. The smallest absolute Gasteiger partial charge is 0.259 e. The number of amides is 4. The van der Waals surface area contributed by atoms with E-state index in [0.717, 1.165) is 18.6 Å². The number of allylic oxidation sites excluding steroid dienone is 1. The number of hydrogen-bond acceptors (Lipinski definition) is 9. The highest BCUT2D eigenvalue weighted by molar-refractivity contribution is 7.91. The molecule has 280 valence electrons. The molecule has 5 atom stereocenters. The van der Waals surface area contributed by atoms with E-state index in [9.17, 15) is 36.4 Å². The first-order valence-electron chi connectivity index (χ1n) is 17.9. The van der Waals surface area contributed by atoms with Gasteiger partial charge in [0.25, 0.3) is 11.8 Å². The van der Waals surface area contributed by atoms with Crippen LogP contribution in [0.1, 0.15) is 73.8 Å². The number of ether oxygens (including phenoxy) is 1. The quantitative estimate of drug-likeness (QED) is 0.306. The molecule has 2 aliphatic carbocycles. The number of halogens is 2. The summed E-state index contributed by atoms with van der Waals surface area (Å²) in [5, 5.41) is 4.94. The van der Waals surface area contributed by atoms with Crippen molar-refractivity contribution in [3.05, 3.63) is 77.5 Å². The minimum atomic E-state index is -3.92.